The van der Waals surface area contributed by atoms with Crippen LogP contribution in [0.4, 0.5) is 17.1 Å². The topological polar surface area (TPSA) is 52.6 Å². The normalized spacial score (nSPS) is 15.7. The third-order valence-corrected chi connectivity index (χ3v) is 7.15. The van der Waals surface area contributed by atoms with Gasteiger partial charge in [-0.15, -0.1) is 0 Å². The number of benzene rings is 3. The summed E-state index contributed by atoms with van der Waals surface area (Å²) in [6.45, 7) is 2.28. The molecule has 3 aromatic carbocycles. The van der Waals surface area contributed by atoms with Crippen LogP contribution < -0.4 is 10.2 Å². The number of aromatic carboxylic acids is 1. The number of hydrogen-bond donors (Lipinski definition) is 2. The first kappa shape index (κ1) is 22.3. The van der Waals surface area contributed by atoms with Crippen molar-refractivity contribution in [3.63, 3.8) is 0 Å². The standard InChI is InChI=1S/C30H32N2O2/c33-30(34)25-11-15-28(16-12-25)31-27-13-7-22(8-14-27)5-6-23-9-17-29(18-10-23)32-20-19-24-3-1-2-4-26(24)21-32/h7-18,31H,1-6,19-21H2,(H,33,34). The summed E-state index contributed by atoms with van der Waals surface area (Å²) in [7, 11) is 0. The van der Waals surface area contributed by atoms with Gasteiger partial charge in [-0.3, -0.25) is 0 Å². The average molecular weight is 453 g/mol. The summed E-state index contributed by atoms with van der Waals surface area (Å²) < 4.78 is 0. The van der Waals surface area contributed by atoms with Crippen molar-refractivity contribution in [3.8, 4) is 0 Å². The Bertz CT molecular complexity index is 1160. The first-order valence-corrected chi connectivity index (χ1v) is 12.4. The second-order valence-corrected chi connectivity index (χ2v) is 9.46. The van der Waals surface area contributed by atoms with Gasteiger partial charge < -0.3 is 15.3 Å². The maximum atomic E-state index is 11.0. The molecule has 0 fully saturated rings. The van der Waals surface area contributed by atoms with Crippen molar-refractivity contribution in [1.82, 2.24) is 0 Å². The minimum Gasteiger partial charge on any atom is -0.478 e. The number of rotatable bonds is 7. The predicted octanol–water partition coefficient (Wildman–Crippen LogP) is 6.99. The molecule has 5 rings (SSSR count). The molecule has 4 heteroatoms. The van der Waals surface area contributed by atoms with Crippen LogP contribution in [0.25, 0.3) is 0 Å². The number of carboxylic acid groups (broad SMARTS) is 1. The third kappa shape index (κ3) is 5.33. The number of carboxylic acids is 1. The Balaban J connectivity index is 1.13. The number of nitrogens with zero attached hydrogens (tertiary/aromatic N) is 1. The summed E-state index contributed by atoms with van der Waals surface area (Å²) >= 11 is 0. The number of carbonyl (C=O) groups is 1. The maximum absolute atomic E-state index is 11.0. The van der Waals surface area contributed by atoms with Crippen molar-refractivity contribution in [3.05, 3.63) is 101 Å². The fourth-order valence-corrected chi connectivity index (χ4v) is 5.10. The molecule has 2 aliphatic rings. The molecule has 0 aromatic heterocycles. The summed E-state index contributed by atoms with van der Waals surface area (Å²) in [6.07, 6.45) is 8.66. The smallest absolute Gasteiger partial charge is 0.335 e. The SMILES string of the molecule is O=C(O)c1ccc(Nc2ccc(CCc3ccc(N4CCC5=C(CCCC5)C4)cc3)cc2)cc1. The fourth-order valence-electron chi connectivity index (χ4n) is 5.10. The average Bonchev–Trinajstić information content (AvgIpc) is 2.89. The molecule has 0 saturated carbocycles. The minimum absolute atomic E-state index is 0.292. The summed E-state index contributed by atoms with van der Waals surface area (Å²) in [5.41, 5.74) is 9.65. The lowest BCUT2D eigenvalue weighted by Gasteiger charge is -2.35. The lowest BCUT2D eigenvalue weighted by molar-refractivity contribution is 0.0697. The largest absolute Gasteiger partial charge is 0.478 e. The van der Waals surface area contributed by atoms with Gasteiger partial charge in [-0.1, -0.05) is 35.4 Å². The monoisotopic (exact) mass is 452 g/mol. The van der Waals surface area contributed by atoms with Crippen LogP contribution in [0.3, 0.4) is 0 Å². The van der Waals surface area contributed by atoms with Gasteiger partial charge in [0.1, 0.15) is 0 Å². The minimum atomic E-state index is -0.910. The molecule has 0 amide bonds. The first-order chi connectivity index (χ1) is 16.6. The van der Waals surface area contributed by atoms with Crippen molar-refractivity contribution in [2.45, 2.75) is 44.9 Å². The Hall–Kier alpha value is -3.53. The quantitative estimate of drug-likeness (QED) is 0.379. The zero-order valence-electron chi connectivity index (χ0n) is 19.6. The zero-order valence-corrected chi connectivity index (χ0v) is 19.6. The Morgan fingerprint density at radius 3 is 1.91 bits per heavy atom. The second-order valence-electron chi connectivity index (χ2n) is 9.46. The molecule has 0 spiro atoms. The molecule has 2 N–H and O–H groups in total. The molecular formula is C30H32N2O2. The molecule has 34 heavy (non-hydrogen) atoms. The zero-order chi connectivity index (χ0) is 23.3. The molecular weight excluding hydrogens is 420 g/mol. The van der Waals surface area contributed by atoms with Crippen molar-refractivity contribution in [2.75, 3.05) is 23.3 Å². The van der Waals surface area contributed by atoms with E-state index in [2.05, 4.69) is 58.7 Å². The number of hydrogen-bond acceptors (Lipinski definition) is 3. The number of aryl methyl sites for hydroxylation is 2. The molecule has 1 aliphatic carbocycles. The molecule has 0 saturated heterocycles. The van der Waals surface area contributed by atoms with E-state index < -0.39 is 5.97 Å². The molecule has 1 aliphatic heterocycles. The van der Waals surface area contributed by atoms with E-state index in [0.717, 1.165) is 37.3 Å². The fraction of sp³-hybridized carbons (Fsp3) is 0.300. The lowest BCUT2D eigenvalue weighted by atomic mass is 9.87. The van der Waals surface area contributed by atoms with Gasteiger partial charge in [-0.25, -0.2) is 4.79 Å². The van der Waals surface area contributed by atoms with E-state index in [9.17, 15) is 4.79 Å². The van der Waals surface area contributed by atoms with Gasteiger partial charge in [0.05, 0.1) is 5.56 Å². The number of nitrogens with one attached hydrogen (secondary N) is 1. The molecule has 1 heterocycles. The highest BCUT2D eigenvalue weighted by Crippen LogP contribution is 2.33. The van der Waals surface area contributed by atoms with Crippen LogP contribution in [-0.2, 0) is 12.8 Å². The van der Waals surface area contributed by atoms with Crippen molar-refractivity contribution in [1.29, 1.82) is 0 Å². The van der Waals surface area contributed by atoms with Crippen LogP contribution in [0.2, 0.25) is 0 Å². The Labute approximate surface area is 201 Å². The molecule has 0 radical (unpaired) electrons. The molecule has 0 atom stereocenters. The third-order valence-electron chi connectivity index (χ3n) is 7.15. The van der Waals surface area contributed by atoms with E-state index in [1.807, 2.05) is 0 Å². The van der Waals surface area contributed by atoms with Gasteiger partial charge in [0.25, 0.3) is 0 Å². The molecule has 3 aromatic rings. The van der Waals surface area contributed by atoms with Crippen LogP contribution >= 0.6 is 0 Å². The highest BCUT2D eigenvalue weighted by Gasteiger charge is 2.21. The predicted molar refractivity (Wildman–Crippen MR) is 139 cm³/mol. The Morgan fingerprint density at radius 1 is 0.735 bits per heavy atom. The van der Waals surface area contributed by atoms with E-state index in [1.54, 1.807) is 35.4 Å². The highest BCUT2D eigenvalue weighted by molar-refractivity contribution is 5.88. The van der Waals surface area contributed by atoms with E-state index in [-0.39, 0.29) is 0 Å². The van der Waals surface area contributed by atoms with E-state index >= 15 is 0 Å². The van der Waals surface area contributed by atoms with E-state index in [0.29, 0.717) is 5.56 Å². The molecule has 174 valence electrons. The highest BCUT2D eigenvalue weighted by atomic mass is 16.4. The van der Waals surface area contributed by atoms with Gasteiger partial charge in [0.15, 0.2) is 0 Å². The van der Waals surface area contributed by atoms with Crippen molar-refractivity contribution < 1.29 is 9.90 Å². The summed E-state index contributed by atoms with van der Waals surface area (Å²) in [5.74, 6) is -0.910. The van der Waals surface area contributed by atoms with Crippen LogP contribution in [0, 0.1) is 0 Å². The molecule has 0 unspecified atom stereocenters. The van der Waals surface area contributed by atoms with Crippen LogP contribution in [-0.4, -0.2) is 24.2 Å². The van der Waals surface area contributed by atoms with Gasteiger partial charge in [-0.05, 0) is 105 Å². The Morgan fingerprint density at radius 2 is 1.29 bits per heavy atom. The van der Waals surface area contributed by atoms with Crippen LogP contribution in [0.15, 0.2) is 83.9 Å². The summed E-state index contributed by atoms with van der Waals surface area (Å²) in [4.78, 5) is 13.5. The van der Waals surface area contributed by atoms with Gasteiger partial charge >= 0.3 is 5.97 Å². The Kier molecular flexibility index (Phi) is 6.66. The lowest BCUT2D eigenvalue weighted by Crippen LogP contribution is -2.32. The van der Waals surface area contributed by atoms with E-state index in [1.165, 1.54) is 48.9 Å². The maximum Gasteiger partial charge on any atom is 0.335 e. The van der Waals surface area contributed by atoms with Crippen molar-refractivity contribution >= 4 is 23.0 Å². The van der Waals surface area contributed by atoms with Crippen LogP contribution in [0.5, 0.6) is 0 Å². The molecule has 0 bridgehead atoms. The first-order valence-electron chi connectivity index (χ1n) is 12.4. The molecule has 4 nitrogen and oxygen atoms in total. The van der Waals surface area contributed by atoms with E-state index in [4.69, 9.17) is 5.11 Å². The summed E-state index contributed by atoms with van der Waals surface area (Å²) in [6, 6.07) is 24.4. The number of anilines is 3. The van der Waals surface area contributed by atoms with Gasteiger partial charge in [0, 0.05) is 30.2 Å². The summed E-state index contributed by atoms with van der Waals surface area (Å²) in [5, 5.41) is 12.3. The van der Waals surface area contributed by atoms with Crippen molar-refractivity contribution in [2.24, 2.45) is 0 Å². The van der Waals surface area contributed by atoms with Crippen LogP contribution in [0.1, 0.15) is 53.6 Å². The van der Waals surface area contributed by atoms with Gasteiger partial charge in [0.2, 0.25) is 0 Å². The van der Waals surface area contributed by atoms with Gasteiger partial charge in [-0.2, -0.15) is 0 Å². The second kappa shape index (κ2) is 10.2.